The topological polar surface area (TPSA) is 88.5 Å². The third kappa shape index (κ3) is 4.29. The zero-order chi connectivity index (χ0) is 23.0. The summed E-state index contributed by atoms with van der Waals surface area (Å²) in [5, 5.41) is 0.345. The molecule has 0 bridgehead atoms. The normalized spacial score (nSPS) is 22.6. The second-order valence-corrected chi connectivity index (χ2v) is 11.2. The molecule has 4 rings (SSSR count). The number of amides is 1. The van der Waals surface area contributed by atoms with Gasteiger partial charge in [-0.2, -0.15) is 4.99 Å². The van der Waals surface area contributed by atoms with Crippen LogP contribution in [0.4, 0.5) is 11.4 Å². The van der Waals surface area contributed by atoms with Crippen molar-refractivity contribution in [3.63, 3.8) is 0 Å². The van der Waals surface area contributed by atoms with Crippen LogP contribution in [-0.2, 0) is 9.84 Å². The van der Waals surface area contributed by atoms with Crippen LogP contribution in [0.5, 0.6) is 11.5 Å². The van der Waals surface area contributed by atoms with Crippen molar-refractivity contribution in [2.75, 3.05) is 49.6 Å². The molecule has 0 N–H and O–H groups in total. The Labute approximate surface area is 192 Å². The molecule has 0 aromatic heterocycles. The smallest absolute Gasteiger partial charge is 0.279 e. The van der Waals surface area contributed by atoms with Crippen LogP contribution in [0.15, 0.2) is 47.5 Å². The van der Waals surface area contributed by atoms with Crippen LogP contribution < -0.4 is 19.3 Å². The summed E-state index contributed by atoms with van der Waals surface area (Å²) in [5.41, 5.74) is 2.20. The van der Waals surface area contributed by atoms with E-state index in [2.05, 4.69) is 4.99 Å². The summed E-state index contributed by atoms with van der Waals surface area (Å²) in [5.74, 6) is 0.666. The van der Waals surface area contributed by atoms with Crippen molar-refractivity contribution in [3.8, 4) is 11.5 Å². The van der Waals surface area contributed by atoms with Crippen molar-refractivity contribution in [2.45, 2.75) is 11.3 Å². The van der Waals surface area contributed by atoms with E-state index in [1.165, 1.54) is 26.0 Å². The number of ether oxygens (including phenoxy) is 2. The van der Waals surface area contributed by atoms with Crippen molar-refractivity contribution < 1.29 is 22.7 Å². The highest BCUT2D eigenvalue weighted by atomic mass is 32.2. The predicted octanol–water partition coefficient (Wildman–Crippen LogP) is 2.69. The number of thioether (sulfide) groups is 1. The first kappa shape index (κ1) is 22.5. The summed E-state index contributed by atoms with van der Waals surface area (Å²) in [6.45, 7) is 0. The molecule has 1 amide bonds. The van der Waals surface area contributed by atoms with E-state index in [0.29, 0.717) is 22.2 Å². The van der Waals surface area contributed by atoms with Crippen LogP contribution in [-0.4, -0.2) is 70.6 Å². The van der Waals surface area contributed by atoms with Crippen LogP contribution in [0.2, 0.25) is 0 Å². The minimum absolute atomic E-state index is 0.0453. The van der Waals surface area contributed by atoms with Gasteiger partial charge in [-0.05, 0) is 42.5 Å². The van der Waals surface area contributed by atoms with Crippen LogP contribution in [0.1, 0.15) is 10.4 Å². The molecule has 2 aliphatic rings. The van der Waals surface area contributed by atoms with Gasteiger partial charge in [0.2, 0.25) is 0 Å². The lowest BCUT2D eigenvalue weighted by molar-refractivity contribution is 0.100. The molecule has 0 saturated carbocycles. The number of aliphatic imine (C=N–C) groups is 1. The van der Waals surface area contributed by atoms with E-state index < -0.39 is 15.7 Å². The van der Waals surface area contributed by atoms with Crippen molar-refractivity contribution in [1.29, 1.82) is 0 Å². The number of hydrogen-bond donors (Lipinski definition) is 0. The minimum Gasteiger partial charge on any atom is -0.493 e. The first-order valence-corrected chi connectivity index (χ1v) is 12.7. The Hall–Kier alpha value is -2.72. The van der Waals surface area contributed by atoms with E-state index in [9.17, 15) is 13.2 Å². The second-order valence-electron chi connectivity index (χ2n) is 7.85. The van der Waals surface area contributed by atoms with E-state index >= 15 is 0 Å². The first-order chi connectivity index (χ1) is 15.2. The Balaban J connectivity index is 1.70. The Morgan fingerprint density at radius 3 is 2.38 bits per heavy atom. The molecule has 0 spiro atoms. The molecule has 0 radical (unpaired) electrons. The fourth-order valence-electron chi connectivity index (χ4n) is 3.90. The summed E-state index contributed by atoms with van der Waals surface area (Å²) in [6, 6.07) is 12.4. The van der Waals surface area contributed by atoms with Gasteiger partial charge in [0.1, 0.15) is 0 Å². The largest absolute Gasteiger partial charge is 0.493 e. The van der Waals surface area contributed by atoms with Crippen LogP contribution in [0, 0.1) is 0 Å². The molecule has 2 aliphatic heterocycles. The number of nitrogens with zero attached hydrogens (tertiary/aromatic N) is 3. The van der Waals surface area contributed by atoms with Gasteiger partial charge in [-0.3, -0.25) is 4.79 Å². The van der Waals surface area contributed by atoms with Gasteiger partial charge >= 0.3 is 0 Å². The third-order valence-electron chi connectivity index (χ3n) is 5.54. The van der Waals surface area contributed by atoms with Crippen molar-refractivity contribution in [1.82, 2.24) is 0 Å². The van der Waals surface area contributed by atoms with E-state index in [1.54, 1.807) is 18.2 Å². The first-order valence-electron chi connectivity index (χ1n) is 10.0. The molecule has 10 heteroatoms. The summed E-state index contributed by atoms with van der Waals surface area (Å²) in [4.78, 5) is 21.2. The van der Waals surface area contributed by atoms with Gasteiger partial charge in [-0.25, -0.2) is 8.42 Å². The highest BCUT2D eigenvalue weighted by Crippen LogP contribution is 2.41. The number of sulfone groups is 1. The zero-order valence-electron chi connectivity index (χ0n) is 18.3. The number of rotatable bonds is 5. The lowest BCUT2D eigenvalue weighted by atomic mass is 10.2. The van der Waals surface area contributed by atoms with Crippen LogP contribution in [0.3, 0.4) is 0 Å². The molecule has 2 saturated heterocycles. The molecule has 170 valence electrons. The standard InChI is InChI=1S/C22H25N3O5S2/c1-24(2)15-6-8-16(9-7-15)25-17-12-32(27,28)13-20(17)31-22(25)23-21(26)14-5-10-18(29-3)19(11-14)30-4/h5-11,17,20H,12-13H2,1-4H3/t17-,20+/m1/s1. The summed E-state index contributed by atoms with van der Waals surface area (Å²) >= 11 is 1.35. The number of methoxy groups -OCH3 is 2. The van der Waals surface area contributed by atoms with Gasteiger partial charge in [0.25, 0.3) is 5.91 Å². The number of benzene rings is 2. The van der Waals surface area contributed by atoms with Crippen molar-refractivity contribution in [3.05, 3.63) is 48.0 Å². The molecule has 8 nitrogen and oxygen atoms in total. The van der Waals surface area contributed by atoms with Crippen molar-refractivity contribution >= 4 is 44.0 Å². The average Bonchev–Trinajstić information content (AvgIpc) is 3.23. The molecule has 2 aromatic carbocycles. The SMILES string of the molecule is COc1ccc(C(=O)N=C2S[C@H]3CS(=O)(=O)C[C@H]3N2c2ccc(N(C)C)cc2)cc1OC. The highest BCUT2D eigenvalue weighted by Gasteiger charge is 2.49. The second kappa shape index (κ2) is 8.67. The monoisotopic (exact) mass is 475 g/mol. The number of carbonyl (C=O) groups excluding carboxylic acids is 1. The van der Waals surface area contributed by atoms with Gasteiger partial charge < -0.3 is 19.3 Å². The van der Waals surface area contributed by atoms with Gasteiger partial charge in [-0.15, -0.1) is 0 Å². The summed E-state index contributed by atoms with van der Waals surface area (Å²) in [6.07, 6.45) is 0. The Morgan fingerprint density at radius 1 is 1.06 bits per heavy atom. The van der Waals surface area contributed by atoms with Crippen LogP contribution >= 0.6 is 11.8 Å². The molecule has 0 unspecified atom stereocenters. The number of fused-ring (bicyclic) bond motifs is 1. The Morgan fingerprint density at radius 2 is 1.75 bits per heavy atom. The molecular weight excluding hydrogens is 450 g/mol. The van der Waals surface area contributed by atoms with Gasteiger partial charge in [0.05, 0.1) is 31.8 Å². The maximum Gasteiger partial charge on any atom is 0.279 e. The summed E-state index contributed by atoms with van der Waals surface area (Å²) in [7, 11) is 3.81. The Kier molecular flexibility index (Phi) is 6.09. The lowest BCUT2D eigenvalue weighted by Crippen LogP contribution is -2.37. The number of anilines is 2. The van der Waals surface area contributed by atoms with Crippen molar-refractivity contribution in [2.24, 2.45) is 4.99 Å². The highest BCUT2D eigenvalue weighted by molar-refractivity contribution is 8.16. The molecular formula is C22H25N3O5S2. The molecule has 32 heavy (non-hydrogen) atoms. The lowest BCUT2D eigenvalue weighted by Gasteiger charge is -2.25. The Bertz CT molecular complexity index is 1160. The van der Waals surface area contributed by atoms with Crippen LogP contribution in [0.25, 0.3) is 0 Å². The number of carbonyl (C=O) groups is 1. The van der Waals surface area contributed by atoms with Gasteiger partial charge in [0, 0.05) is 36.3 Å². The molecule has 0 aliphatic carbocycles. The quantitative estimate of drug-likeness (QED) is 0.652. The number of hydrogen-bond acceptors (Lipinski definition) is 7. The maximum absolute atomic E-state index is 13.0. The predicted molar refractivity (Wildman–Crippen MR) is 128 cm³/mol. The molecule has 2 aromatic rings. The van der Waals surface area contributed by atoms with Gasteiger partial charge in [0.15, 0.2) is 26.5 Å². The zero-order valence-corrected chi connectivity index (χ0v) is 19.9. The van der Waals surface area contributed by atoms with Gasteiger partial charge in [-0.1, -0.05) is 11.8 Å². The third-order valence-corrected chi connectivity index (χ3v) is 8.75. The minimum atomic E-state index is -3.13. The van der Waals surface area contributed by atoms with E-state index in [4.69, 9.17) is 9.47 Å². The molecule has 2 heterocycles. The average molecular weight is 476 g/mol. The fraction of sp³-hybridized carbons (Fsp3) is 0.364. The summed E-state index contributed by atoms with van der Waals surface area (Å²) < 4.78 is 35.1. The number of amidine groups is 1. The fourth-order valence-corrected chi connectivity index (χ4v) is 7.81. The molecule has 2 fully saturated rings. The van der Waals surface area contributed by atoms with E-state index in [0.717, 1.165) is 11.4 Å². The molecule has 2 atom stereocenters. The maximum atomic E-state index is 13.0. The van der Waals surface area contributed by atoms with E-state index in [1.807, 2.05) is 48.2 Å². The van der Waals surface area contributed by atoms with E-state index in [-0.39, 0.29) is 22.8 Å².